The third kappa shape index (κ3) is 3.04. The molecule has 2 aromatic heterocycles. The van der Waals surface area contributed by atoms with Crippen molar-refractivity contribution in [3.8, 4) is 0 Å². The lowest BCUT2D eigenvalue weighted by atomic mass is 10.5. The van der Waals surface area contributed by atoms with Crippen molar-refractivity contribution in [2.24, 2.45) is 0 Å². The average Bonchev–Trinajstić information content (AvgIpc) is 2.62. The molecule has 0 amide bonds. The fourth-order valence-corrected chi connectivity index (χ4v) is 2.07. The molecule has 0 aromatic carbocycles. The summed E-state index contributed by atoms with van der Waals surface area (Å²) in [5, 5.41) is 4.49. The minimum absolute atomic E-state index is 0.683. The van der Waals surface area contributed by atoms with Crippen molar-refractivity contribution in [1.29, 1.82) is 0 Å². The van der Waals surface area contributed by atoms with Gasteiger partial charge >= 0.3 is 0 Å². The second kappa shape index (κ2) is 4.76. The van der Waals surface area contributed by atoms with Crippen LogP contribution in [0.2, 0.25) is 0 Å². The van der Waals surface area contributed by atoms with Gasteiger partial charge in [-0.2, -0.15) is 0 Å². The zero-order valence-corrected chi connectivity index (χ0v) is 10.4. The molecule has 15 heavy (non-hydrogen) atoms. The highest BCUT2D eigenvalue weighted by Crippen LogP contribution is 2.20. The Morgan fingerprint density at radius 3 is 3.07 bits per heavy atom. The van der Waals surface area contributed by atoms with Gasteiger partial charge in [-0.3, -0.25) is 0 Å². The summed E-state index contributed by atoms with van der Waals surface area (Å²) < 4.78 is 5.75. The van der Waals surface area contributed by atoms with E-state index >= 15 is 0 Å². The predicted octanol–water partition coefficient (Wildman–Crippen LogP) is 2.83. The molecule has 78 valence electrons. The Kier molecular flexibility index (Phi) is 3.37. The number of hydrogen-bond donors (Lipinski definition) is 0. The van der Waals surface area contributed by atoms with Crippen LogP contribution in [0.4, 0.5) is 0 Å². The second-order valence-electron chi connectivity index (χ2n) is 2.89. The normalized spacial score (nSPS) is 10.5. The smallest absolute Gasteiger partial charge is 0.188 e. The Labute approximate surface area is 99.6 Å². The van der Waals surface area contributed by atoms with E-state index in [9.17, 15) is 0 Å². The molecule has 0 N–H and O–H groups in total. The maximum atomic E-state index is 5.04. The predicted molar refractivity (Wildman–Crippen MR) is 60.5 cm³/mol. The van der Waals surface area contributed by atoms with Crippen molar-refractivity contribution in [3.05, 3.63) is 34.4 Å². The van der Waals surface area contributed by atoms with Crippen LogP contribution in [0.25, 0.3) is 0 Å². The van der Waals surface area contributed by atoms with Gasteiger partial charge in [0.25, 0.3) is 0 Å². The summed E-state index contributed by atoms with van der Waals surface area (Å²) >= 11 is 4.75. The van der Waals surface area contributed by atoms with Gasteiger partial charge in [0.05, 0.1) is 5.75 Å². The van der Waals surface area contributed by atoms with E-state index in [-0.39, 0.29) is 0 Å². The molecular weight excluding hydrogens is 278 g/mol. The molecule has 0 fully saturated rings. The SMILES string of the molecule is Cc1ccnc(SCc2cc(Br)no2)n1. The number of aryl methyl sites for hydroxylation is 1. The standard InChI is InChI=1S/C9H8BrN3OS/c1-6-2-3-11-9(12-6)15-5-7-4-8(10)13-14-7/h2-4H,5H2,1H3. The van der Waals surface area contributed by atoms with Gasteiger partial charge in [-0.15, -0.1) is 0 Å². The molecule has 0 spiro atoms. The fraction of sp³-hybridized carbons (Fsp3) is 0.222. The van der Waals surface area contributed by atoms with Gasteiger partial charge in [0, 0.05) is 18.0 Å². The number of thioether (sulfide) groups is 1. The highest BCUT2D eigenvalue weighted by atomic mass is 79.9. The summed E-state index contributed by atoms with van der Waals surface area (Å²) in [4.78, 5) is 8.41. The average molecular weight is 286 g/mol. The van der Waals surface area contributed by atoms with Crippen LogP contribution in [0.1, 0.15) is 11.5 Å². The molecule has 0 saturated heterocycles. The third-order valence-corrected chi connectivity index (χ3v) is 2.90. The number of aromatic nitrogens is 3. The fourth-order valence-electron chi connectivity index (χ4n) is 0.987. The second-order valence-corrected chi connectivity index (χ2v) is 4.64. The first-order valence-electron chi connectivity index (χ1n) is 4.27. The summed E-state index contributed by atoms with van der Waals surface area (Å²) in [7, 11) is 0. The number of halogens is 1. The van der Waals surface area contributed by atoms with Gasteiger partial charge in [-0.1, -0.05) is 16.9 Å². The minimum Gasteiger partial charge on any atom is -0.359 e. The number of hydrogen-bond acceptors (Lipinski definition) is 5. The lowest BCUT2D eigenvalue weighted by Crippen LogP contribution is -1.88. The zero-order valence-electron chi connectivity index (χ0n) is 7.98. The van der Waals surface area contributed by atoms with Gasteiger partial charge in [0.2, 0.25) is 0 Å². The van der Waals surface area contributed by atoms with Crippen LogP contribution in [0.15, 0.2) is 32.6 Å². The van der Waals surface area contributed by atoms with Crippen LogP contribution < -0.4 is 0 Å². The lowest BCUT2D eigenvalue weighted by molar-refractivity contribution is 0.391. The Balaban J connectivity index is 1.99. The Hall–Kier alpha value is -0.880. The van der Waals surface area contributed by atoms with Crippen LogP contribution in [0, 0.1) is 6.92 Å². The van der Waals surface area contributed by atoms with Crippen molar-refractivity contribution < 1.29 is 4.52 Å². The first kappa shape index (κ1) is 10.6. The van der Waals surface area contributed by atoms with Gasteiger partial charge in [-0.25, -0.2) is 9.97 Å². The summed E-state index contributed by atoms with van der Waals surface area (Å²) in [5.41, 5.74) is 0.964. The minimum atomic E-state index is 0.683. The molecule has 0 aliphatic heterocycles. The molecule has 0 unspecified atom stereocenters. The maximum Gasteiger partial charge on any atom is 0.188 e. The van der Waals surface area contributed by atoms with Gasteiger partial charge < -0.3 is 4.52 Å². The molecule has 2 aromatic rings. The molecule has 0 radical (unpaired) electrons. The summed E-state index contributed by atoms with van der Waals surface area (Å²) in [5.74, 6) is 1.49. The lowest BCUT2D eigenvalue weighted by Gasteiger charge is -1.97. The molecule has 6 heteroatoms. The van der Waals surface area contributed by atoms with Crippen LogP contribution in [-0.2, 0) is 5.75 Å². The Morgan fingerprint density at radius 2 is 2.40 bits per heavy atom. The van der Waals surface area contributed by atoms with Crippen LogP contribution in [0.5, 0.6) is 0 Å². The zero-order chi connectivity index (χ0) is 10.7. The van der Waals surface area contributed by atoms with E-state index in [2.05, 4.69) is 31.1 Å². The molecule has 0 aliphatic rings. The number of rotatable bonds is 3. The number of nitrogens with zero attached hydrogens (tertiary/aromatic N) is 3. The van der Waals surface area contributed by atoms with E-state index in [1.165, 1.54) is 11.8 Å². The van der Waals surface area contributed by atoms with Crippen molar-refractivity contribution >= 4 is 27.7 Å². The molecule has 0 atom stereocenters. The van der Waals surface area contributed by atoms with Gasteiger partial charge in [0.1, 0.15) is 10.4 Å². The van der Waals surface area contributed by atoms with E-state index in [1.54, 1.807) is 6.20 Å². The molecule has 0 bridgehead atoms. The molecule has 2 heterocycles. The molecule has 2 rings (SSSR count). The van der Waals surface area contributed by atoms with Crippen molar-refractivity contribution in [2.75, 3.05) is 0 Å². The molecule has 0 aliphatic carbocycles. The van der Waals surface area contributed by atoms with Crippen LogP contribution >= 0.6 is 27.7 Å². The molecular formula is C9H8BrN3OS. The largest absolute Gasteiger partial charge is 0.359 e. The van der Waals surface area contributed by atoms with Crippen LogP contribution in [-0.4, -0.2) is 15.1 Å². The summed E-state index contributed by atoms with van der Waals surface area (Å²) in [6.07, 6.45) is 1.75. The summed E-state index contributed by atoms with van der Waals surface area (Å²) in [6, 6.07) is 3.71. The van der Waals surface area contributed by atoms with E-state index in [4.69, 9.17) is 4.52 Å². The summed E-state index contributed by atoms with van der Waals surface area (Å²) in [6.45, 7) is 1.94. The third-order valence-electron chi connectivity index (χ3n) is 1.65. The topological polar surface area (TPSA) is 51.8 Å². The highest BCUT2D eigenvalue weighted by Gasteiger charge is 2.04. The van der Waals surface area contributed by atoms with E-state index in [0.29, 0.717) is 10.4 Å². The van der Waals surface area contributed by atoms with Crippen LogP contribution in [0.3, 0.4) is 0 Å². The highest BCUT2D eigenvalue weighted by molar-refractivity contribution is 9.10. The maximum absolute atomic E-state index is 5.04. The molecule has 4 nitrogen and oxygen atoms in total. The van der Waals surface area contributed by atoms with E-state index in [0.717, 1.165) is 16.6 Å². The Morgan fingerprint density at radius 1 is 1.53 bits per heavy atom. The van der Waals surface area contributed by atoms with Gasteiger partial charge in [0.15, 0.2) is 5.16 Å². The van der Waals surface area contributed by atoms with Crippen molar-refractivity contribution in [3.63, 3.8) is 0 Å². The Bertz CT molecular complexity index is 460. The first-order chi connectivity index (χ1) is 7.24. The first-order valence-corrected chi connectivity index (χ1v) is 6.05. The molecule has 0 saturated carbocycles. The monoisotopic (exact) mass is 285 g/mol. The van der Waals surface area contributed by atoms with Crippen molar-refractivity contribution in [1.82, 2.24) is 15.1 Å². The van der Waals surface area contributed by atoms with Crippen molar-refractivity contribution in [2.45, 2.75) is 17.8 Å². The van der Waals surface area contributed by atoms with E-state index < -0.39 is 0 Å². The van der Waals surface area contributed by atoms with E-state index in [1.807, 2.05) is 19.1 Å². The quantitative estimate of drug-likeness (QED) is 0.641. The van der Waals surface area contributed by atoms with Gasteiger partial charge in [-0.05, 0) is 28.9 Å².